The van der Waals surface area contributed by atoms with Crippen molar-refractivity contribution in [2.24, 2.45) is 0 Å². The van der Waals surface area contributed by atoms with Crippen molar-refractivity contribution in [3.05, 3.63) is 91.3 Å². The molecule has 0 saturated carbocycles. The first kappa shape index (κ1) is 22.8. The predicted molar refractivity (Wildman–Crippen MR) is 126 cm³/mol. The second-order valence-corrected chi connectivity index (χ2v) is 9.45. The number of fused-ring (bicyclic) bond motifs is 1. The van der Waals surface area contributed by atoms with Crippen molar-refractivity contribution in [1.29, 1.82) is 0 Å². The first-order valence-corrected chi connectivity index (χ1v) is 11.9. The Kier molecular flexibility index (Phi) is 7.13. The quantitative estimate of drug-likeness (QED) is 0.477. The molecule has 4 rings (SSSR count). The molecule has 0 radical (unpaired) electrons. The van der Waals surface area contributed by atoms with Gasteiger partial charge in [0.15, 0.2) is 0 Å². The summed E-state index contributed by atoms with van der Waals surface area (Å²) in [6.07, 6.45) is 0.893. The number of nitrogens with zero attached hydrogens (tertiary/aromatic N) is 1. The third kappa shape index (κ3) is 5.14. The van der Waals surface area contributed by atoms with Crippen LogP contribution in [0.5, 0.6) is 0 Å². The smallest absolute Gasteiger partial charge is 0.223 e. The molecule has 2 aromatic carbocycles. The zero-order valence-corrected chi connectivity index (χ0v) is 19.4. The van der Waals surface area contributed by atoms with Crippen LogP contribution in [0.4, 0.5) is 4.39 Å². The maximum Gasteiger partial charge on any atom is 0.223 e. The molecule has 1 atom stereocenters. The largest absolute Gasteiger partial charge is 0.352 e. The van der Waals surface area contributed by atoms with Crippen molar-refractivity contribution in [3.63, 3.8) is 0 Å². The molecule has 32 heavy (non-hydrogen) atoms. The number of rotatable bonds is 6. The van der Waals surface area contributed by atoms with Gasteiger partial charge in [-0.15, -0.1) is 11.3 Å². The minimum absolute atomic E-state index is 0.0624. The van der Waals surface area contributed by atoms with E-state index in [4.69, 9.17) is 23.2 Å². The molecule has 166 valence electrons. The van der Waals surface area contributed by atoms with Crippen LogP contribution in [0.25, 0.3) is 0 Å². The predicted octanol–water partition coefficient (Wildman–Crippen LogP) is 5.76. The van der Waals surface area contributed by atoms with E-state index >= 15 is 0 Å². The standard InChI is InChI=1S/C24H21Cl2FN2O2S/c25-17-5-4-16(20(26)13-17)14-28-22(30)6-7-23(31)29-10-8-21-19(9-11-32-21)24(29)15-2-1-3-18(27)12-15/h1-5,9,11-13,24H,6-8,10,14H2,(H,28,30). The van der Waals surface area contributed by atoms with Gasteiger partial charge in [-0.1, -0.05) is 41.4 Å². The molecule has 2 heterocycles. The Morgan fingerprint density at radius 3 is 2.75 bits per heavy atom. The summed E-state index contributed by atoms with van der Waals surface area (Å²) in [4.78, 5) is 28.4. The Labute approximate surface area is 200 Å². The Hall–Kier alpha value is -2.41. The third-order valence-corrected chi connectivity index (χ3v) is 7.09. The normalized spacial score (nSPS) is 15.3. The second kappa shape index (κ2) is 10.0. The third-order valence-electron chi connectivity index (χ3n) is 5.51. The lowest BCUT2D eigenvalue weighted by atomic mass is 9.92. The monoisotopic (exact) mass is 490 g/mol. The molecule has 1 N–H and O–H groups in total. The number of carbonyl (C=O) groups excluding carboxylic acids is 2. The molecule has 1 aliphatic heterocycles. The summed E-state index contributed by atoms with van der Waals surface area (Å²) in [6, 6.07) is 13.1. The fourth-order valence-electron chi connectivity index (χ4n) is 3.93. The maximum absolute atomic E-state index is 13.9. The van der Waals surface area contributed by atoms with Gasteiger partial charge in [0.25, 0.3) is 0 Å². The maximum atomic E-state index is 13.9. The van der Waals surface area contributed by atoms with Gasteiger partial charge in [0.05, 0.1) is 6.04 Å². The topological polar surface area (TPSA) is 49.4 Å². The molecule has 0 fully saturated rings. The van der Waals surface area contributed by atoms with Gasteiger partial charge in [-0.3, -0.25) is 9.59 Å². The molecular formula is C24H21Cl2FN2O2S. The van der Waals surface area contributed by atoms with E-state index in [9.17, 15) is 14.0 Å². The summed E-state index contributed by atoms with van der Waals surface area (Å²) < 4.78 is 13.9. The fraction of sp³-hybridized carbons (Fsp3) is 0.250. The van der Waals surface area contributed by atoms with E-state index < -0.39 is 0 Å². The highest BCUT2D eigenvalue weighted by Gasteiger charge is 2.32. The minimum atomic E-state index is -0.343. The Morgan fingerprint density at radius 2 is 1.97 bits per heavy atom. The van der Waals surface area contributed by atoms with E-state index in [1.165, 1.54) is 17.0 Å². The van der Waals surface area contributed by atoms with Crippen LogP contribution in [0.3, 0.4) is 0 Å². The highest BCUT2D eigenvalue weighted by molar-refractivity contribution is 7.10. The highest BCUT2D eigenvalue weighted by Crippen LogP contribution is 2.38. The van der Waals surface area contributed by atoms with Crippen molar-refractivity contribution in [3.8, 4) is 0 Å². The SMILES string of the molecule is O=C(CCC(=O)N1CCc2sccc2C1c1cccc(F)c1)NCc1ccc(Cl)cc1Cl. The lowest BCUT2D eigenvalue weighted by molar-refractivity contribution is -0.135. The Bertz CT molecular complexity index is 1150. The van der Waals surface area contributed by atoms with E-state index in [2.05, 4.69) is 5.32 Å². The molecule has 0 bridgehead atoms. The number of carbonyl (C=O) groups is 2. The molecule has 1 aliphatic rings. The number of hydrogen-bond acceptors (Lipinski definition) is 3. The van der Waals surface area contributed by atoms with E-state index in [0.717, 1.165) is 23.1 Å². The molecule has 3 aromatic rings. The number of benzene rings is 2. The molecule has 8 heteroatoms. The first-order valence-electron chi connectivity index (χ1n) is 10.2. The zero-order valence-electron chi connectivity index (χ0n) is 17.1. The Balaban J connectivity index is 1.41. The number of halogens is 3. The van der Waals surface area contributed by atoms with Crippen LogP contribution in [0.15, 0.2) is 53.9 Å². The number of hydrogen-bond donors (Lipinski definition) is 1. The van der Waals surface area contributed by atoms with E-state index in [-0.39, 0.29) is 43.1 Å². The fourth-order valence-corrected chi connectivity index (χ4v) is 5.31. The summed E-state index contributed by atoms with van der Waals surface area (Å²) in [6.45, 7) is 0.798. The summed E-state index contributed by atoms with van der Waals surface area (Å²) in [7, 11) is 0. The van der Waals surface area contributed by atoms with E-state index in [0.29, 0.717) is 16.6 Å². The van der Waals surface area contributed by atoms with Crippen molar-refractivity contribution in [1.82, 2.24) is 10.2 Å². The molecular weight excluding hydrogens is 470 g/mol. The first-order chi connectivity index (χ1) is 15.4. The van der Waals surface area contributed by atoms with Gasteiger partial charge in [-0.05, 0) is 58.8 Å². The molecule has 2 amide bonds. The molecule has 0 saturated heterocycles. The van der Waals surface area contributed by atoms with Crippen LogP contribution >= 0.6 is 34.5 Å². The van der Waals surface area contributed by atoms with Crippen LogP contribution in [0, 0.1) is 5.82 Å². The van der Waals surface area contributed by atoms with E-state index in [1.54, 1.807) is 40.5 Å². The highest BCUT2D eigenvalue weighted by atomic mass is 35.5. The van der Waals surface area contributed by atoms with Crippen LogP contribution in [0.1, 0.15) is 40.5 Å². The summed E-state index contributed by atoms with van der Waals surface area (Å²) in [5.74, 6) is -0.701. The van der Waals surface area contributed by atoms with Gasteiger partial charge in [-0.25, -0.2) is 4.39 Å². The molecule has 1 aromatic heterocycles. The lowest BCUT2D eigenvalue weighted by Gasteiger charge is -2.36. The van der Waals surface area contributed by atoms with Crippen molar-refractivity contribution in [2.45, 2.75) is 31.8 Å². The average Bonchev–Trinajstić information content (AvgIpc) is 3.25. The molecule has 0 spiro atoms. The average molecular weight is 491 g/mol. The molecule has 0 aliphatic carbocycles. The minimum Gasteiger partial charge on any atom is -0.352 e. The van der Waals surface area contributed by atoms with Crippen LogP contribution in [0.2, 0.25) is 10.0 Å². The van der Waals surface area contributed by atoms with Gasteiger partial charge in [0, 0.05) is 40.9 Å². The lowest BCUT2D eigenvalue weighted by Crippen LogP contribution is -2.40. The second-order valence-electron chi connectivity index (χ2n) is 7.61. The Morgan fingerprint density at radius 1 is 1.12 bits per heavy atom. The van der Waals surface area contributed by atoms with Crippen molar-refractivity contribution in [2.75, 3.05) is 6.54 Å². The van der Waals surface area contributed by atoms with Crippen LogP contribution in [-0.4, -0.2) is 23.3 Å². The van der Waals surface area contributed by atoms with Crippen LogP contribution < -0.4 is 5.32 Å². The van der Waals surface area contributed by atoms with Gasteiger partial charge < -0.3 is 10.2 Å². The van der Waals surface area contributed by atoms with Gasteiger partial charge in [-0.2, -0.15) is 0 Å². The number of amides is 2. The number of thiophene rings is 1. The van der Waals surface area contributed by atoms with Crippen molar-refractivity contribution < 1.29 is 14.0 Å². The summed E-state index contributed by atoms with van der Waals surface area (Å²) in [5.41, 5.74) is 2.52. The van der Waals surface area contributed by atoms with Gasteiger partial charge in [0.1, 0.15) is 5.82 Å². The molecule has 1 unspecified atom stereocenters. The van der Waals surface area contributed by atoms with Crippen LogP contribution in [-0.2, 0) is 22.6 Å². The summed E-state index contributed by atoms with van der Waals surface area (Å²) >= 11 is 13.7. The zero-order chi connectivity index (χ0) is 22.7. The van der Waals surface area contributed by atoms with Crippen molar-refractivity contribution >= 4 is 46.4 Å². The van der Waals surface area contributed by atoms with Gasteiger partial charge >= 0.3 is 0 Å². The van der Waals surface area contributed by atoms with Gasteiger partial charge in [0.2, 0.25) is 11.8 Å². The number of nitrogens with one attached hydrogen (secondary N) is 1. The summed E-state index contributed by atoms with van der Waals surface area (Å²) in [5, 5.41) is 5.80. The molecule has 4 nitrogen and oxygen atoms in total. The van der Waals surface area contributed by atoms with E-state index in [1.807, 2.05) is 17.5 Å².